The third-order valence-electron chi connectivity index (χ3n) is 3.39. The quantitative estimate of drug-likeness (QED) is 0.435. The minimum atomic E-state index is -0.909. The van der Waals surface area contributed by atoms with Gasteiger partial charge in [-0.1, -0.05) is 12.8 Å². The number of amides is 1. The molecule has 0 heterocycles. The van der Waals surface area contributed by atoms with Crippen LogP contribution in [0.3, 0.4) is 0 Å². The van der Waals surface area contributed by atoms with Gasteiger partial charge < -0.3 is 16.2 Å². The number of rotatable bonds is 3. The van der Waals surface area contributed by atoms with Crippen LogP contribution in [-0.4, -0.2) is 21.5 Å². The maximum atomic E-state index is 12.0. The molecule has 0 bridgehead atoms. The largest absolute Gasteiger partial charge is 0.506 e. The number of hydrogen-bond acceptors (Lipinski definition) is 5. The van der Waals surface area contributed by atoms with Gasteiger partial charge in [-0.15, -0.1) is 0 Å². The number of nitrogens with one attached hydrogen (secondary N) is 1. The molecule has 7 heteroatoms. The SMILES string of the molecule is NC1(C(=O)Nc2ccc([N+](=O)[O-])cc2O)CCCC1. The molecule has 19 heavy (non-hydrogen) atoms. The van der Waals surface area contributed by atoms with Gasteiger partial charge in [-0.2, -0.15) is 0 Å². The molecule has 1 aromatic rings. The molecule has 102 valence electrons. The van der Waals surface area contributed by atoms with Crippen molar-refractivity contribution < 1.29 is 14.8 Å². The topological polar surface area (TPSA) is 118 Å². The van der Waals surface area contributed by atoms with E-state index in [1.807, 2.05) is 0 Å². The number of hydrogen-bond donors (Lipinski definition) is 3. The van der Waals surface area contributed by atoms with Gasteiger partial charge >= 0.3 is 0 Å². The number of carbonyl (C=O) groups excluding carboxylic acids is 1. The Morgan fingerprint density at radius 3 is 2.58 bits per heavy atom. The van der Waals surface area contributed by atoms with E-state index in [-0.39, 0.29) is 23.0 Å². The second-order valence-corrected chi connectivity index (χ2v) is 4.78. The van der Waals surface area contributed by atoms with Crippen molar-refractivity contribution in [3.05, 3.63) is 28.3 Å². The van der Waals surface area contributed by atoms with Crippen LogP contribution in [0.4, 0.5) is 11.4 Å². The van der Waals surface area contributed by atoms with Gasteiger partial charge in [0, 0.05) is 6.07 Å². The molecular formula is C12H15N3O4. The fourth-order valence-corrected chi connectivity index (χ4v) is 2.22. The Hall–Kier alpha value is -2.15. The van der Waals surface area contributed by atoms with E-state index in [1.54, 1.807) is 0 Å². The molecule has 1 saturated carbocycles. The van der Waals surface area contributed by atoms with E-state index in [4.69, 9.17) is 5.73 Å². The third kappa shape index (κ3) is 2.65. The van der Waals surface area contributed by atoms with Crippen molar-refractivity contribution in [2.24, 2.45) is 5.73 Å². The normalized spacial score (nSPS) is 17.1. The van der Waals surface area contributed by atoms with E-state index in [0.29, 0.717) is 12.8 Å². The van der Waals surface area contributed by atoms with Gasteiger partial charge in [0.1, 0.15) is 5.75 Å². The number of nitro groups is 1. The number of nitro benzene ring substituents is 1. The Bertz CT molecular complexity index is 524. The fourth-order valence-electron chi connectivity index (χ4n) is 2.22. The number of nitrogens with two attached hydrogens (primary N) is 1. The van der Waals surface area contributed by atoms with Crippen LogP contribution in [0.5, 0.6) is 5.75 Å². The van der Waals surface area contributed by atoms with Gasteiger partial charge in [-0.25, -0.2) is 0 Å². The molecular weight excluding hydrogens is 250 g/mol. The molecule has 0 aliphatic heterocycles. The van der Waals surface area contributed by atoms with Gasteiger partial charge in [-0.05, 0) is 18.9 Å². The summed E-state index contributed by atoms with van der Waals surface area (Å²) in [5.41, 5.74) is 4.96. The number of phenolic OH excluding ortho intramolecular Hbond substituents is 1. The summed E-state index contributed by atoms with van der Waals surface area (Å²) in [5.74, 6) is -0.710. The molecule has 1 amide bonds. The number of anilines is 1. The Labute approximate surface area is 109 Å². The summed E-state index contributed by atoms with van der Waals surface area (Å²) in [6.45, 7) is 0. The summed E-state index contributed by atoms with van der Waals surface area (Å²) in [6.07, 6.45) is 3.01. The van der Waals surface area contributed by atoms with Crippen molar-refractivity contribution in [2.75, 3.05) is 5.32 Å². The molecule has 0 unspecified atom stereocenters. The van der Waals surface area contributed by atoms with Crippen LogP contribution in [-0.2, 0) is 4.79 Å². The zero-order valence-electron chi connectivity index (χ0n) is 10.3. The summed E-state index contributed by atoms with van der Waals surface area (Å²) >= 11 is 0. The number of nitrogens with zero attached hydrogens (tertiary/aromatic N) is 1. The number of aromatic hydroxyl groups is 1. The minimum Gasteiger partial charge on any atom is -0.506 e. The Morgan fingerprint density at radius 1 is 1.42 bits per heavy atom. The summed E-state index contributed by atoms with van der Waals surface area (Å²) in [6, 6.07) is 3.50. The predicted octanol–water partition coefficient (Wildman–Crippen LogP) is 1.51. The number of non-ortho nitro benzene ring substituents is 1. The fraction of sp³-hybridized carbons (Fsp3) is 0.417. The molecule has 2 rings (SSSR count). The lowest BCUT2D eigenvalue weighted by molar-refractivity contribution is -0.384. The number of benzene rings is 1. The average molecular weight is 265 g/mol. The van der Waals surface area contributed by atoms with Gasteiger partial charge in [0.2, 0.25) is 5.91 Å². The monoisotopic (exact) mass is 265 g/mol. The first kappa shape index (κ1) is 13.3. The van der Waals surface area contributed by atoms with E-state index in [1.165, 1.54) is 12.1 Å². The maximum absolute atomic E-state index is 12.0. The molecule has 0 saturated heterocycles. The Balaban J connectivity index is 2.15. The molecule has 0 aromatic heterocycles. The lowest BCUT2D eigenvalue weighted by atomic mass is 9.98. The van der Waals surface area contributed by atoms with Crippen molar-refractivity contribution in [3.63, 3.8) is 0 Å². The zero-order valence-corrected chi connectivity index (χ0v) is 10.3. The first-order chi connectivity index (χ1) is 8.92. The molecule has 1 fully saturated rings. The summed E-state index contributed by atoms with van der Waals surface area (Å²) in [4.78, 5) is 21.9. The van der Waals surface area contributed by atoms with Crippen molar-refractivity contribution in [1.82, 2.24) is 0 Å². The Kier molecular flexibility index (Phi) is 3.39. The summed E-state index contributed by atoms with van der Waals surface area (Å²) in [7, 11) is 0. The smallest absolute Gasteiger partial charge is 0.273 e. The lowest BCUT2D eigenvalue weighted by Gasteiger charge is -2.22. The van der Waals surface area contributed by atoms with E-state index >= 15 is 0 Å². The number of phenols is 1. The molecule has 1 aliphatic carbocycles. The molecule has 4 N–H and O–H groups in total. The zero-order chi connectivity index (χ0) is 14.0. The summed E-state index contributed by atoms with van der Waals surface area (Å²) in [5, 5.41) is 22.7. The molecule has 1 aromatic carbocycles. The highest BCUT2D eigenvalue weighted by atomic mass is 16.6. The van der Waals surface area contributed by atoms with E-state index in [2.05, 4.69) is 5.32 Å². The highest BCUT2D eigenvalue weighted by Crippen LogP contribution is 2.31. The van der Waals surface area contributed by atoms with Crippen LogP contribution in [0.25, 0.3) is 0 Å². The third-order valence-corrected chi connectivity index (χ3v) is 3.39. The Morgan fingerprint density at radius 2 is 2.05 bits per heavy atom. The first-order valence-electron chi connectivity index (χ1n) is 6.00. The molecule has 0 spiro atoms. The van der Waals surface area contributed by atoms with E-state index in [0.717, 1.165) is 18.9 Å². The van der Waals surface area contributed by atoms with E-state index < -0.39 is 10.5 Å². The number of carbonyl (C=O) groups is 1. The van der Waals surface area contributed by atoms with E-state index in [9.17, 15) is 20.0 Å². The van der Waals surface area contributed by atoms with Crippen LogP contribution < -0.4 is 11.1 Å². The standard InChI is InChI=1S/C12H15N3O4/c13-12(5-1-2-6-12)11(17)14-9-4-3-8(15(18)19)7-10(9)16/h3-4,7,16H,1-2,5-6,13H2,(H,14,17). The molecule has 7 nitrogen and oxygen atoms in total. The summed E-state index contributed by atoms with van der Waals surface area (Å²) < 4.78 is 0. The highest BCUT2D eigenvalue weighted by molar-refractivity contribution is 5.99. The predicted molar refractivity (Wildman–Crippen MR) is 68.8 cm³/mol. The molecule has 0 radical (unpaired) electrons. The van der Waals surface area contributed by atoms with Crippen LogP contribution in [0, 0.1) is 10.1 Å². The molecule has 0 atom stereocenters. The van der Waals surface area contributed by atoms with Crippen molar-refractivity contribution >= 4 is 17.3 Å². The van der Waals surface area contributed by atoms with Gasteiger partial charge in [0.05, 0.1) is 22.2 Å². The second-order valence-electron chi connectivity index (χ2n) is 4.78. The van der Waals surface area contributed by atoms with Gasteiger partial charge in [-0.3, -0.25) is 14.9 Å². The molecule has 1 aliphatic rings. The maximum Gasteiger partial charge on any atom is 0.273 e. The first-order valence-corrected chi connectivity index (χ1v) is 6.00. The van der Waals surface area contributed by atoms with Gasteiger partial charge in [0.15, 0.2) is 0 Å². The van der Waals surface area contributed by atoms with Crippen molar-refractivity contribution in [2.45, 2.75) is 31.2 Å². The van der Waals surface area contributed by atoms with Crippen molar-refractivity contribution in [1.29, 1.82) is 0 Å². The van der Waals surface area contributed by atoms with Crippen LogP contribution in [0.2, 0.25) is 0 Å². The van der Waals surface area contributed by atoms with Crippen molar-refractivity contribution in [3.8, 4) is 5.75 Å². The highest BCUT2D eigenvalue weighted by Gasteiger charge is 2.37. The lowest BCUT2D eigenvalue weighted by Crippen LogP contribution is -2.48. The van der Waals surface area contributed by atoms with Crippen LogP contribution in [0.1, 0.15) is 25.7 Å². The van der Waals surface area contributed by atoms with Gasteiger partial charge in [0.25, 0.3) is 5.69 Å². The van der Waals surface area contributed by atoms with Crippen LogP contribution in [0.15, 0.2) is 18.2 Å². The average Bonchev–Trinajstić information content (AvgIpc) is 2.80. The minimum absolute atomic E-state index is 0.132. The second kappa shape index (κ2) is 4.85. The van der Waals surface area contributed by atoms with Crippen LogP contribution >= 0.6 is 0 Å².